The van der Waals surface area contributed by atoms with E-state index in [1.807, 2.05) is 0 Å². The van der Waals surface area contributed by atoms with Crippen LogP contribution in [-0.4, -0.2) is 26.0 Å². The van der Waals surface area contributed by atoms with Gasteiger partial charge in [-0.1, -0.05) is 6.92 Å². The zero-order valence-electron chi connectivity index (χ0n) is 4.80. The van der Waals surface area contributed by atoms with Gasteiger partial charge in [0, 0.05) is 5.25 Å². The number of aliphatic hydroxyl groups is 1. The molecule has 4 nitrogen and oxygen atoms in total. The topological polar surface area (TPSA) is 77.8 Å². The highest BCUT2D eigenvalue weighted by molar-refractivity contribution is 7.81. The largest absolute Gasteiger partial charge is 0.379 e. The van der Waals surface area contributed by atoms with Gasteiger partial charge in [-0.05, 0) is 0 Å². The Kier molecular flexibility index (Phi) is 3.19. The second-order valence-electron chi connectivity index (χ2n) is 1.74. The van der Waals surface area contributed by atoms with Crippen LogP contribution in [0.5, 0.6) is 0 Å². The van der Waals surface area contributed by atoms with Crippen LogP contribution >= 0.6 is 20.2 Å². The second kappa shape index (κ2) is 3.03. The first-order valence-corrected chi connectivity index (χ1v) is 4.47. The van der Waals surface area contributed by atoms with Gasteiger partial charge in [0.1, 0.15) is 0 Å². The summed E-state index contributed by atoms with van der Waals surface area (Å²) in [5.41, 5.74) is 0. The van der Waals surface area contributed by atoms with E-state index < -0.39 is 18.7 Å². The molecule has 3 N–H and O–H groups in total. The first-order valence-electron chi connectivity index (χ1n) is 2.27. The summed E-state index contributed by atoms with van der Waals surface area (Å²) in [6.45, 7) is 1.41. The van der Waals surface area contributed by atoms with Crippen molar-refractivity contribution in [3.05, 3.63) is 0 Å². The van der Waals surface area contributed by atoms with E-state index in [0.29, 0.717) is 0 Å². The maximum absolute atomic E-state index is 10.2. The van der Waals surface area contributed by atoms with Crippen LogP contribution in [0.2, 0.25) is 0 Å². The summed E-state index contributed by atoms with van der Waals surface area (Å²) in [6, 6.07) is 0. The van der Waals surface area contributed by atoms with Gasteiger partial charge in [0.05, 0.1) is 0 Å². The van der Waals surface area contributed by atoms with Crippen molar-refractivity contribution >= 4 is 20.2 Å². The smallest absolute Gasteiger partial charge is 0.354 e. The van der Waals surface area contributed by atoms with E-state index in [9.17, 15) is 4.57 Å². The number of aliphatic hydroxyl groups excluding tert-OH is 1. The first-order chi connectivity index (χ1) is 3.85. The van der Waals surface area contributed by atoms with E-state index in [2.05, 4.69) is 12.6 Å². The molecule has 6 heteroatoms. The van der Waals surface area contributed by atoms with Crippen molar-refractivity contribution in [1.82, 2.24) is 0 Å². The second-order valence-corrected chi connectivity index (χ2v) is 4.27. The van der Waals surface area contributed by atoms with Gasteiger partial charge in [0.2, 0.25) is 0 Å². The molecule has 56 valence electrons. The average Bonchev–Trinajstić information content (AvgIpc) is 1.62. The summed E-state index contributed by atoms with van der Waals surface area (Å²) in [5.74, 6) is -1.65. The normalized spacial score (nSPS) is 19.2. The van der Waals surface area contributed by atoms with Crippen molar-refractivity contribution in [2.45, 2.75) is 18.0 Å². The van der Waals surface area contributed by atoms with Crippen molar-refractivity contribution in [2.75, 3.05) is 0 Å². The summed E-state index contributed by atoms with van der Waals surface area (Å²) in [7, 11) is -4.33. The third kappa shape index (κ3) is 3.23. The molecule has 0 aliphatic heterocycles. The molecule has 0 saturated carbocycles. The first kappa shape index (κ1) is 9.46. The molecule has 0 fully saturated rings. The Balaban J connectivity index is 4.05. The molecule has 0 aromatic heterocycles. The molecule has 0 spiro atoms. The van der Waals surface area contributed by atoms with Crippen LogP contribution in [-0.2, 0) is 4.57 Å². The van der Waals surface area contributed by atoms with E-state index in [1.165, 1.54) is 6.92 Å². The van der Waals surface area contributed by atoms with Gasteiger partial charge < -0.3 is 14.9 Å². The molecule has 2 atom stereocenters. The van der Waals surface area contributed by atoms with Gasteiger partial charge in [0.15, 0.2) is 5.85 Å². The molecule has 0 aliphatic rings. The van der Waals surface area contributed by atoms with Crippen molar-refractivity contribution in [3.63, 3.8) is 0 Å². The lowest BCUT2D eigenvalue weighted by Gasteiger charge is -2.14. The quantitative estimate of drug-likeness (QED) is 0.343. The van der Waals surface area contributed by atoms with Crippen LogP contribution in [0, 0.1) is 0 Å². The Labute approximate surface area is 58.5 Å². The molecule has 0 rings (SSSR count). The Morgan fingerprint density at radius 2 is 1.89 bits per heavy atom. The fraction of sp³-hybridized carbons (Fsp3) is 1.00. The highest BCUT2D eigenvalue weighted by atomic mass is 32.1. The van der Waals surface area contributed by atoms with Crippen LogP contribution in [0.15, 0.2) is 0 Å². The van der Waals surface area contributed by atoms with Crippen LogP contribution < -0.4 is 0 Å². The summed E-state index contributed by atoms with van der Waals surface area (Å²) < 4.78 is 10.2. The summed E-state index contributed by atoms with van der Waals surface area (Å²) >= 11 is 3.64. The van der Waals surface area contributed by atoms with E-state index >= 15 is 0 Å². The van der Waals surface area contributed by atoms with Gasteiger partial charge in [-0.2, -0.15) is 12.6 Å². The third-order valence-corrected chi connectivity index (χ3v) is 2.43. The lowest BCUT2D eigenvalue weighted by Crippen LogP contribution is -2.17. The van der Waals surface area contributed by atoms with Gasteiger partial charge in [-0.15, -0.1) is 0 Å². The molecule has 0 saturated heterocycles. The van der Waals surface area contributed by atoms with Crippen LogP contribution in [0.4, 0.5) is 0 Å². The van der Waals surface area contributed by atoms with E-state index in [4.69, 9.17) is 14.9 Å². The van der Waals surface area contributed by atoms with Gasteiger partial charge >= 0.3 is 7.60 Å². The maximum Gasteiger partial charge on any atom is 0.354 e. The zero-order valence-corrected chi connectivity index (χ0v) is 6.59. The Bertz CT molecular complexity index is 130. The van der Waals surface area contributed by atoms with Crippen LogP contribution in [0.3, 0.4) is 0 Å². The van der Waals surface area contributed by atoms with Gasteiger partial charge in [-0.3, -0.25) is 4.57 Å². The van der Waals surface area contributed by atoms with Gasteiger partial charge in [-0.25, -0.2) is 0 Å². The van der Waals surface area contributed by atoms with Crippen molar-refractivity contribution < 1.29 is 19.5 Å². The van der Waals surface area contributed by atoms with E-state index in [-0.39, 0.29) is 0 Å². The minimum Gasteiger partial charge on any atom is -0.379 e. The predicted molar refractivity (Wildman–Crippen MR) is 36.5 cm³/mol. The standard InChI is InChI=1S/C3H9O4PS/c1-2(9)3(4)8(5,6)7/h2-4,9H,1H3,(H2,5,6,7)/t2?,3-/m1/s1. The minimum absolute atomic E-state index is 0.703. The van der Waals surface area contributed by atoms with E-state index in [0.717, 1.165) is 0 Å². The highest BCUT2D eigenvalue weighted by Gasteiger charge is 2.29. The molecule has 0 aromatic carbocycles. The average molecular weight is 172 g/mol. The molecule has 0 aliphatic carbocycles. The van der Waals surface area contributed by atoms with Gasteiger partial charge in [0.25, 0.3) is 0 Å². The molecule has 0 radical (unpaired) electrons. The Morgan fingerprint density at radius 1 is 1.56 bits per heavy atom. The lowest BCUT2D eigenvalue weighted by atomic mass is 10.5. The summed E-state index contributed by atoms with van der Waals surface area (Å²) in [5, 5.41) is 7.92. The zero-order chi connectivity index (χ0) is 7.65. The third-order valence-electron chi connectivity index (χ3n) is 0.776. The number of thiol groups is 1. The highest BCUT2D eigenvalue weighted by Crippen LogP contribution is 2.42. The lowest BCUT2D eigenvalue weighted by molar-refractivity contribution is 0.203. The molecule has 0 heterocycles. The number of hydrogen-bond acceptors (Lipinski definition) is 3. The molecule has 0 aromatic rings. The number of hydrogen-bond donors (Lipinski definition) is 4. The SMILES string of the molecule is CC(S)[C@H](O)P(=O)(O)O. The minimum atomic E-state index is -4.33. The van der Waals surface area contributed by atoms with Crippen molar-refractivity contribution in [3.8, 4) is 0 Å². The monoisotopic (exact) mass is 172 g/mol. The predicted octanol–water partition coefficient (Wildman–Crippen LogP) is -0.199. The maximum atomic E-state index is 10.2. The number of rotatable bonds is 2. The molecular formula is C3H9O4PS. The van der Waals surface area contributed by atoms with Crippen molar-refractivity contribution in [1.29, 1.82) is 0 Å². The summed E-state index contributed by atoms with van der Waals surface area (Å²) in [6.07, 6.45) is 0. The van der Waals surface area contributed by atoms with Crippen molar-refractivity contribution in [2.24, 2.45) is 0 Å². The van der Waals surface area contributed by atoms with Crippen LogP contribution in [0.25, 0.3) is 0 Å². The van der Waals surface area contributed by atoms with E-state index in [1.54, 1.807) is 0 Å². The van der Waals surface area contributed by atoms with Crippen LogP contribution in [0.1, 0.15) is 6.92 Å². The molecule has 0 amide bonds. The Morgan fingerprint density at radius 3 is 1.89 bits per heavy atom. The fourth-order valence-corrected chi connectivity index (χ4v) is 1.36. The molecular weight excluding hydrogens is 163 g/mol. The molecule has 9 heavy (non-hydrogen) atoms. The Hall–Kier alpha value is 0.460. The fourth-order valence-electron chi connectivity index (χ4n) is 0.281. The molecule has 1 unspecified atom stereocenters. The summed E-state index contributed by atoms with van der Waals surface area (Å²) in [4.78, 5) is 16.5. The molecule has 0 bridgehead atoms.